The highest BCUT2D eigenvalue weighted by Crippen LogP contribution is 2.26. The fraction of sp³-hybridized carbons (Fsp3) is 0. The van der Waals surface area contributed by atoms with Crippen molar-refractivity contribution in [2.24, 2.45) is 0 Å². The number of rotatable bonds is 2. The Morgan fingerprint density at radius 3 is 2.81 bits per heavy atom. The second kappa shape index (κ2) is 5.31. The third-order valence-corrected chi connectivity index (χ3v) is 3.15. The molecule has 0 saturated heterocycles. The molecule has 3 aromatic rings. The highest BCUT2D eigenvalue weighted by molar-refractivity contribution is 6.30. The average Bonchev–Trinajstić information content (AvgIpc) is 2.95. The van der Waals surface area contributed by atoms with Crippen LogP contribution >= 0.6 is 11.6 Å². The van der Waals surface area contributed by atoms with Crippen molar-refractivity contribution in [1.82, 2.24) is 20.0 Å². The summed E-state index contributed by atoms with van der Waals surface area (Å²) in [6.07, 6.45) is 3.22. The van der Waals surface area contributed by atoms with Gasteiger partial charge in [0.2, 0.25) is 0 Å². The van der Waals surface area contributed by atoms with Crippen LogP contribution in [-0.2, 0) is 0 Å². The number of hydrogen-bond donors (Lipinski definition) is 0. The van der Waals surface area contributed by atoms with E-state index in [-0.39, 0.29) is 10.7 Å². The van der Waals surface area contributed by atoms with Gasteiger partial charge in [-0.15, -0.1) is 5.10 Å². The van der Waals surface area contributed by atoms with Crippen molar-refractivity contribution < 1.29 is 4.39 Å². The SMILES string of the molecule is N#Cc1nnn(-c2ccc(F)c(Cl)c2)c1-c1cccnc1. The minimum atomic E-state index is -0.524. The number of hydrogen-bond acceptors (Lipinski definition) is 4. The van der Waals surface area contributed by atoms with Gasteiger partial charge in [0, 0.05) is 18.0 Å². The molecule has 0 spiro atoms. The molecule has 21 heavy (non-hydrogen) atoms. The third-order valence-electron chi connectivity index (χ3n) is 2.86. The summed E-state index contributed by atoms with van der Waals surface area (Å²) in [5.41, 5.74) is 1.82. The van der Waals surface area contributed by atoms with E-state index < -0.39 is 5.82 Å². The molecule has 102 valence electrons. The highest BCUT2D eigenvalue weighted by atomic mass is 35.5. The first kappa shape index (κ1) is 13.2. The molecule has 2 aromatic heterocycles. The summed E-state index contributed by atoms with van der Waals surface area (Å²) < 4.78 is 14.7. The van der Waals surface area contributed by atoms with E-state index in [0.717, 1.165) is 0 Å². The lowest BCUT2D eigenvalue weighted by Crippen LogP contribution is -2.00. The molecule has 0 saturated carbocycles. The van der Waals surface area contributed by atoms with Gasteiger partial charge >= 0.3 is 0 Å². The van der Waals surface area contributed by atoms with Gasteiger partial charge in [-0.1, -0.05) is 16.8 Å². The summed E-state index contributed by atoms with van der Waals surface area (Å²) in [6.45, 7) is 0. The van der Waals surface area contributed by atoms with E-state index in [0.29, 0.717) is 16.9 Å². The molecule has 0 radical (unpaired) electrons. The van der Waals surface area contributed by atoms with Gasteiger partial charge in [0.05, 0.1) is 10.7 Å². The molecule has 0 aliphatic carbocycles. The van der Waals surface area contributed by atoms with Crippen LogP contribution in [0.25, 0.3) is 16.9 Å². The average molecular weight is 300 g/mol. The lowest BCUT2D eigenvalue weighted by Gasteiger charge is -2.07. The monoisotopic (exact) mass is 299 g/mol. The maximum Gasteiger partial charge on any atom is 0.191 e. The molecule has 0 amide bonds. The van der Waals surface area contributed by atoms with Crippen LogP contribution in [0.2, 0.25) is 5.02 Å². The first-order valence-corrected chi connectivity index (χ1v) is 6.30. The lowest BCUT2D eigenvalue weighted by atomic mass is 10.1. The van der Waals surface area contributed by atoms with Gasteiger partial charge < -0.3 is 0 Å². The van der Waals surface area contributed by atoms with Crippen LogP contribution in [-0.4, -0.2) is 20.0 Å². The van der Waals surface area contributed by atoms with Gasteiger partial charge in [-0.05, 0) is 30.3 Å². The van der Waals surface area contributed by atoms with Crippen LogP contribution < -0.4 is 0 Å². The molecular weight excluding hydrogens is 293 g/mol. The third kappa shape index (κ3) is 2.35. The van der Waals surface area contributed by atoms with E-state index >= 15 is 0 Å². The fourth-order valence-electron chi connectivity index (χ4n) is 1.92. The van der Waals surface area contributed by atoms with Crippen molar-refractivity contribution in [2.75, 3.05) is 0 Å². The number of nitrogens with zero attached hydrogens (tertiary/aromatic N) is 5. The Morgan fingerprint density at radius 1 is 1.29 bits per heavy atom. The number of nitriles is 1. The molecule has 2 heterocycles. The van der Waals surface area contributed by atoms with E-state index in [1.165, 1.54) is 22.9 Å². The van der Waals surface area contributed by atoms with Gasteiger partial charge in [-0.3, -0.25) is 4.98 Å². The Morgan fingerprint density at radius 2 is 2.14 bits per heavy atom. The summed E-state index contributed by atoms with van der Waals surface area (Å²) in [4.78, 5) is 4.02. The van der Waals surface area contributed by atoms with Gasteiger partial charge in [0.15, 0.2) is 5.69 Å². The van der Waals surface area contributed by atoms with Crippen LogP contribution in [0.1, 0.15) is 5.69 Å². The van der Waals surface area contributed by atoms with Gasteiger partial charge in [-0.25, -0.2) is 9.07 Å². The molecule has 5 nitrogen and oxygen atoms in total. The molecule has 0 unspecified atom stereocenters. The zero-order valence-corrected chi connectivity index (χ0v) is 11.3. The fourth-order valence-corrected chi connectivity index (χ4v) is 2.09. The zero-order chi connectivity index (χ0) is 14.8. The molecule has 0 bridgehead atoms. The van der Waals surface area contributed by atoms with E-state index in [1.54, 1.807) is 24.5 Å². The van der Waals surface area contributed by atoms with Crippen molar-refractivity contribution in [3.8, 4) is 23.0 Å². The van der Waals surface area contributed by atoms with Crippen LogP contribution in [0.5, 0.6) is 0 Å². The Labute approximate surface area is 124 Å². The van der Waals surface area contributed by atoms with Crippen molar-refractivity contribution in [3.05, 3.63) is 59.3 Å². The van der Waals surface area contributed by atoms with E-state index in [2.05, 4.69) is 15.3 Å². The maximum atomic E-state index is 13.3. The zero-order valence-electron chi connectivity index (χ0n) is 10.5. The molecule has 7 heteroatoms. The molecule has 3 rings (SSSR count). The Hall–Kier alpha value is -2.78. The number of pyridine rings is 1. The second-order valence-electron chi connectivity index (χ2n) is 4.15. The smallest absolute Gasteiger partial charge is 0.191 e. The van der Waals surface area contributed by atoms with E-state index in [9.17, 15) is 4.39 Å². The van der Waals surface area contributed by atoms with Gasteiger partial charge in [-0.2, -0.15) is 5.26 Å². The summed E-state index contributed by atoms with van der Waals surface area (Å²) in [5, 5.41) is 16.9. The number of benzene rings is 1. The normalized spacial score (nSPS) is 10.3. The Bertz CT molecular complexity index is 838. The number of aromatic nitrogens is 4. The molecule has 0 aliphatic heterocycles. The number of halogens is 2. The molecule has 1 aromatic carbocycles. The lowest BCUT2D eigenvalue weighted by molar-refractivity contribution is 0.627. The molecule has 0 N–H and O–H groups in total. The van der Waals surface area contributed by atoms with Crippen molar-refractivity contribution in [2.45, 2.75) is 0 Å². The minimum Gasteiger partial charge on any atom is -0.264 e. The van der Waals surface area contributed by atoms with Crippen LogP contribution in [0.4, 0.5) is 4.39 Å². The quantitative estimate of drug-likeness (QED) is 0.729. The summed E-state index contributed by atoms with van der Waals surface area (Å²) in [6, 6.07) is 9.68. The first-order chi connectivity index (χ1) is 10.2. The molecule has 0 atom stereocenters. The maximum absolute atomic E-state index is 13.3. The highest BCUT2D eigenvalue weighted by Gasteiger charge is 2.17. The molecular formula is C14H7ClFN5. The van der Waals surface area contributed by atoms with E-state index in [1.807, 2.05) is 6.07 Å². The Kier molecular flexibility index (Phi) is 3.34. The predicted octanol–water partition coefficient (Wildman–Crippen LogP) is 2.99. The molecule has 0 fully saturated rings. The first-order valence-electron chi connectivity index (χ1n) is 5.92. The van der Waals surface area contributed by atoms with Crippen LogP contribution in [0, 0.1) is 17.1 Å². The van der Waals surface area contributed by atoms with Crippen molar-refractivity contribution >= 4 is 11.6 Å². The Balaban J connectivity index is 2.23. The van der Waals surface area contributed by atoms with Crippen molar-refractivity contribution in [1.29, 1.82) is 5.26 Å². The predicted molar refractivity (Wildman–Crippen MR) is 74.3 cm³/mol. The topological polar surface area (TPSA) is 67.4 Å². The standard InChI is InChI=1S/C14H7ClFN5/c15-11-6-10(3-4-12(11)16)21-14(13(7-17)19-20-21)9-2-1-5-18-8-9/h1-6,8H. The van der Waals surface area contributed by atoms with Crippen LogP contribution in [0.15, 0.2) is 42.7 Å². The van der Waals surface area contributed by atoms with E-state index in [4.69, 9.17) is 16.9 Å². The van der Waals surface area contributed by atoms with Crippen molar-refractivity contribution in [3.63, 3.8) is 0 Å². The van der Waals surface area contributed by atoms with Gasteiger partial charge in [0.25, 0.3) is 0 Å². The van der Waals surface area contributed by atoms with Crippen LogP contribution in [0.3, 0.4) is 0 Å². The molecule has 0 aliphatic rings. The minimum absolute atomic E-state index is 0.0290. The second-order valence-corrected chi connectivity index (χ2v) is 4.56. The largest absolute Gasteiger partial charge is 0.264 e. The summed E-state index contributed by atoms with van der Waals surface area (Å²) in [5.74, 6) is -0.524. The summed E-state index contributed by atoms with van der Waals surface area (Å²) >= 11 is 5.79. The van der Waals surface area contributed by atoms with Gasteiger partial charge in [0.1, 0.15) is 17.6 Å². The summed E-state index contributed by atoms with van der Waals surface area (Å²) in [7, 11) is 0.